The number of hydrogen-bond acceptors (Lipinski definition) is 2. The van der Waals surface area contributed by atoms with E-state index >= 15 is 0 Å². The van der Waals surface area contributed by atoms with Crippen molar-refractivity contribution in [3.8, 4) is 0 Å². The third-order valence-electron chi connectivity index (χ3n) is 3.99. The van der Waals surface area contributed by atoms with E-state index in [1.165, 1.54) is 12.1 Å². The number of benzene rings is 1. The Morgan fingerprint density at radius 2 is 1.70 bits per heavy atom. The Hall–Kier alpha value is -1.57. The molecular formula is C15H15BrF3NO3. The molecule has 126 valence electrons. The third-order valence-corrected chi connectivity index (χ3v) is 4.68. The van der Waals surface area contributed by atoms with Crippen LogP contribution in [0.25, 0.3) is 0 Å². The first kappa shape index (κ1) is 17.8. The molecule has 0 aliphatic heterocycles. The van der Waals surface area contributed by atoms with Gasteiger partial charge in [-0.25, -0.2) is 0 Å². The average Bonchev–Trinajstić information content (AvgIpc) is 2.48. The number of aliphatic carboxylic acids is 1. The quantitative estimate of drug-likeness (QED) is 0.804. The lowest BCUT2D eigenvalue weighted by Crippen LogP contribution is -2.29. The van der Waals surface area contributed by atoms with Crippen LogP contribution in [0.5, 0.6) is 0 Å². The Morgan fingerprint density at radius 3 is 2.22 bits per heavy atom. The maximum atomic E-state index is 12.8. The number of carbonyl (C=O) groups excluding carboxylic acids is 1. The molecule has 0 spiro atoms. The monoisotopic (exact) mass is 393 g/mol. The summed E-state index contributed by atoms with van der Waals surface area (Å²) in [5.74, 6) is -2.05. The molecule has 4 nitrogen and oxygen atoms in total. The molecule has 0 radical (unpaired) electrons. The van der Waals surface area contributed by atoms with Crippen LogP contribution in [0, 0.1) is 11.8 Å². The molecule has 2 rings (SSSR count). The maximum absolute atomic E-state index is 12.8. The van der Waals surface area contributed by atoms with Gasteiger partial charge < -0.3 is 10.4 Å². The van der Waals surface area contributed by atoms with E-state index in [4.69, 9.17) is 5.11 Å². The van der Waals surface area contributed by atoms with Crippen molar-refractivity contribution in [1.29, 1.82) is 0 Å². The van der Waals surface area contributed by atoms with Crippen molar-refractivity contribution < 1.29 is 27.9 Å². The molecule has 0 atom stereocenters. The van der Waals surface area contributed by atoms with Gasteiger partial charge in [-0.15, -0.1) is 0 Å². The van der Waals surface area contributed by atoms with Gasteiger partial charge in [-0.2, -0.15) is 13.2 Å². The van der Waals surface area contributed by atoms with E-state index in [1.807, 2.05) is 0 Å². The number of carbonyl (C=O) groups is 2. The number of anilines is 1. The summed E-state index contributed by atoms with van der Waals surface area (Å²) in [5.41, 5.74) is -0.782. The Morgan fingerprint density at radius 1 is 1.13 bits per heavy atom. The fraction of sp³-hybridized carbons (Fsp3) is 0.467. The number of carboxylic acids is 1. The molecular weight excluding hydrogens is 379 g/mol. The minimum Gasteiger partial charge on any atom is -0.481 e. The molecule has 1 aromatic rings. The highest BCUT2D eigenvalue weighted by molar-refractivity contribution is 9.10. The normalized spacial score (nSPS) is 21.7. The van der Waals surface area contributed by atoms with Crippen molar-refractivity contribution in [2.24, 2.45) is 11.8 Å². The van der Waals surface area contributed by atoms with Crippen LogP contribution in [-0.4, -0.2) is 17.0 Å². The number of nitrogens with one attached hydrogen (secondary N) is 1. The zero-order chi connectivity index (χ0) is 17.2. The largest absolute Gasteiger partial charge is 0.481 e. The maximum Gasteiger partial charge on any atom is 0.417 e. The molecule has 23 heavy (non-hydrogen) atoms. The van der Waals surface area contributed by atoms with E-state index in [9.17, 15) is 22.8 Å². The lowest BCUT2D eigenvalue weighted by molar-refractivity contribution is -0.143. The Bertz CT molecular complexity index is 610. The van der Waals surface area contributed by atoms with Crippen LogP contribution < -0.4 is 5.32 Å². The van der Waals surface area contributed by atoms with Crippen molar-refractivity contribution >= 4 is 33.5 Å². The zero-order valence-electron chi connectivity index (χ0n) is 12.0. The number of hydrogen-bond donors (Lipinski definition) is 2. The van der Waals surface area contributed by atoms with Gasteiger partial charge in [0.15, 0.2) is 0 Å². The van der Waals surface area contributed by atoms with Gasteiger partial charge >= 0.3 is 12.1 Å². The van der Waals surface area contributed by atoms with Crippen LogP contribution in [-0.2, 0) is 15.8 Å². The fourth-order valence-electron chi connectivity index (χ4n) is 2.67. The molecule has 0 aromatic heterocycles. The summed E-state index contributed by atoms with van der Waals surface area (Å²) in [6.07, 6.45) is -2.86. The molecule has 0 saturated heterocycles. The number of halogens is 4. The van der Waals surface area contributed by atoms with E-state index in [0.717, 1.165) is 6.07 Å². The third kappa shape index (κ3) is 4.46. The van der Waals surface area contributed by atoms with Crippen molar-refractivity contribution in [3.05, 3.63) is 28.2 Å². The first-order valence-electron chi connectivity index (χ1n) is 7.09. The topological polar surface area (TPSA) is 66.4 Å². The minimum atomic E-state index is -4.51. The van der Waals surface area contributed by atoms with Crippen LogP contribution >= 0.6 is 15.9 Å². The van der Waals surface area contributed by atoms with Gasteiger partial charge in [0.2, 0.25) is 5.91 Å². The molecule has 1 aliphatic carbocycles. The summed E-state index contributed by atoms with van der Waals surface area (Å²) in [5, 5.41) is 11.4. The number of amides is 1. The van der Waals surface area contributed by atoms with E-state index in [2.05, 4.69) is 21.2 Å². The number of rotatable bonds is 3. The van der Waals surface area contributed by atoms with Crippen molar-refractivity contribution in [1.82, 2.24) is 0 Å². The van der Waals surface area contributed by atoms with E-state index < -0.39 is 23.6 Å². The van der Waals surface area contributed by atoms with Crippen LogP contribution in [0.4, 0.5) is 18.9 Å². The molecule has 1 aromatic carbocycles. The van der Waals surface area contributed by atoms with Gasteiger partial charge in [-0.3, -0.25) is 9.59 Å². The molecule has 0 heterocycles. The van der Waals surface area contributed by atoms with Gasteiger partial charge in [0.25, 0.3) is 0 Å². The summed E-state index contributed by atoms with van der Waals surface area (Å²) in [7, 11) is 0. The van der Waals surface area contributed by atoms with Gasteiger partial charge in [0.1, 0.15) is 0 Å². The molecule has 1 fully saturated rings. The Labute approximate surface area is 139 Å². The molecule has 2 N–H and O–H groups in total. The van der Waals surface area contributed by atoms with Crippen molar-refractivity contribution in [3.63, 3.8) is 0 Å². The second kappa shape index (κ2) is 6.90. The van der Waals surface area contributed by atoms with Gasteiger partial charge in [0, 0.05) is 16.1 Å². The minimum absolute atomic E-state index is 0.0749. The standard InChI is InChI=1S/C15H15BrF3NO3/c16-12-6-5-10(7-11(12)15(17,18)19)20-13(21)8-1-3-9(4-2-8)14(22)23/h5-9H,1-4H2,(H,20,21)(H,22,23). The number of alkyl halides is 3. The average molecular weight is 394 g/mol. The van der Waals surface area contributed by atoms with Crippen molar-refractivity contribution in [2.75, 3.05) is 5.32 Å². The second-order valence-corrected chi connectivity index (χ2v) is 6.42. The molecule has 1 amide bonds. The second-order valence-electron chi connectivity index (χ2n) is 5.57. The predicted molar refractivity (Wildman–Crippen MR) is 80.9 cm³/mol. The predicted octanol–water partition coefficient (Wildman–Crippen LogP) is 4.30. The highest BCUT2D eigenvalue weighted by atomic mass is 79.9. The van der Waals surface area contributed by atoms with Crippen LogP contribution in [0.15, 0.2) is 22.7 Å². The summed E-state index contributed by atoms with van der Waals surface area (Å²) in [6, 6.07) is 3.50. The summed E-state index contributed by atoms with van der Waals surface area (Å²) in [6.45, 7) is 0. The SMILES string of the molecule is O=C(O)C1CCC(C(=O)Nc2ccc(Br)c(C(F)(F)F)c2)CC1. The first-order valence-corrected chi connectivity index (χ1v) is 7.88. The number of carboxylic acid groups (broad SMARTS) is 1. The highest BCUT2D eigenvalue weighted by Crippen LogP contribution is 2.37. The molecule has 8 heteroatoms. The molecule has 0 unspecified atom stereocenters. The van der Waals surface area contributed by atoms with Crippen molar-refractivity contribution in [2.45, 2.75) is 31.9 Å². The van der Waals surface area contributed by atoms with E-state index in [1.54, 1.807) is 0 Å². The lowest BCUT2D eigenvalue weighted by Gasteiger charge is -2.25. The summed E-state index contributed by atoms with van der Waals surface area (Å²) < 4.78 is 38.4. The first-order chi connectivity index (χ1) is 10.7. The Kier molecular flexibility index (Phi) is 5.33. The van der Waals surface area contributed by atoms with Crippen LogP contribution in [0.3, 0.4) is 0 Å². The van der Waals surface area contributed by atoms with Gasteiger partial charge in [-0.05, 0) is 43.9 Å². The van der Waals surface area contributed by atoms with E-state index in [-0.39, 0.29) is 22.0 Å². The van der Waals surface area contributed by atoms with Crippen LogP contribution in [0.1, 0.15) is 31.2 Å². The van der Waals surface area contributed by atoms with Gasteiger partial charge in [-0.1, -0.05) is 15.9 Å². The fourth-order valence-corrected chi connectivity index (χ4v) is 3.14. The van der Waals surface area contributed by atoms with E-state index in [0.29, 0.717) is 25.7 Å². The summed E-state index contributed by atoms with van der Waals surface area (Å²) in [4.78, 5) is 23.0. The lowest BCUT2D eigenvalue weighted by atomic mass is 9.81. The van der Waals surface area contributed by atoms with Crippen LogP contribution in [0.2, 0.25) is 0 Å². The zero-order valence-corrected chi connectivity index (χ0v) is 13.6. The summed E-state index contributed by atoms with van der Waals surface area (Å²) >= 11 is 2.84. The highest BCUT2D eigenvalue weighted by Gasteiger charge is 2.34. The molecule has 1 saturated carbocycles. The molecule has 1 aliphatic rings. The van der Waals surface area contributed by atoms with Gasteiger partial charge in [0.05, 0.1) is 11.5 Å². The Balaban J connectivity index is 2.03. The molecule has 0 bridgehead atoms. The smallest absolute Gasteiger partial charge is 0.417 e.